The summed E-state index contributed by atoms with van der Waals surface area (Å²) in [5.74, 6) is -2.44. The minimum absolute atomic E-state index is 0.0292. The molecule has 0 bridgehead atoms. The standard InChI is InChI=1S/C25H27ClFN5O4S/c1-32-13-22(28-15-32)18-11-20(23(27)21(26)12-18)25(34)30-31-37(35,36)14-16-7-9-19(10-8-16)29-24(33)17-5-3-2-4-6-17/h2-6,11-13,15-16,19,31H,7-10,14H2,1H3,(H,29,33)(H,30,34)/t16-,19-. The SMILES string of the molecule is Cn1cnc(-c2cc(Cl)c(F)c(C(=O)NNS(=O)(=O)C[C@H]3CC[C@H](NC(=O)c4ccccc4)CC3)c2)c1. The molecule has 3 aromatic rings. The third-order valence-electron chi connectivity index (χ3n) is 6.27. The van der Waals surface area contributed by atoms with Gasteiger partial charge in [0.25, 0.3) is 11.8 Å². The second kappa shape index (κ2) is 11.4. The van der Waals surface area contributed by atoms with Crippen LogP contribution in [0.4, 0.5) is 4.39 Å². The van der Waals surface area contributed by atoms with Crippen LogP contribution in [0.25, 0.3) is 11.3 Å². The molecular formula is C25H27ClFN5O4S. The number of hydrogen-bond acceptors (Lipinski definition) is 5. The van der Waals surface area contributed by atoms with Gasteiger partial charge in [-0.1, -0.05) is 29.8 Å². The summed E-state index contributed by atoms with van der Waals surface area (Å²) in [6.07, 6.45) is 5.72. The molecule has 0 atom stereocenters. The highest BCUT2D eigenvalue weighted by Gasteiger charge is 2.27. The van der Waals surface area contributed by atoms with Crippen molar-refractivity contribution in [3.8, 4) is 11.3 Å². The van der Waals surface area contributed by atoms with Gasteiger partial charge in [-0.15, -0.1) is 4.83 Å². The normalized spacial score (nSPS) is 17.8. The minimum Gasteiger partial charge on any atom is -0.349 e. The van der Waals surface area contributed by atoms with Crippen molar-refractivity contribution in [3.05, 3.63) is 77.0 Å². The van der Waals surface area contributed by atoms with E-state index in [2.05, 4.69) is 20.6 Å². The Hall–Kier alpha value is -3.28. The highest BCUT2D eigenvalue weighted by molar-refractivity contribution is 7.89. The Morgan fingerprint density at radius 2 is 1.81 bits per heavy atom. The van der Waals surface area contributed by atoms with Crippen molar-refractivity contribution in [2.24, 2.45) is 13.0 Å². The lowest BCUT2D eigenvalue weighted by atomic mass is 9.87. The van der Waals surface area contributed by atoms with Crippen molar-refractivity contribution in [1.29, 1.82) is 0 Å². The number of sulfonamides is 1. The number of aryl methyl sites for hydroxylation is 1. The molecular weight excluding hydrogens is 521 g/mol. The first-order valence-corrected chi connectivity index (χ1v) is 13.8. The largest absolute Gasteiger partial charge is 0.349 e. The first-order chi connectivity index (χ1) is 17.6. The lowest BCUT2D eigenvalue weighted by Crippen LogP contribution is -2.45. The highest BCUT2D eigenvalue weighted by Crippen LogP contribution is 2.28. The molecule has 1 fully saturated rings. The van der Waals surface area contributed by atoms with Gasteiger partial charge in [-0.05, 0) is 55.9 Å². The summed E-state index contributed by atoms with van der Waals surface area (Å²) in [6, 6.07) is 11.5. The van der Waals surface area contributed by atoms with Crippen LogP contribution < -0.4 is 15.6 Å². The molecule has 196 valence electrons. The molecule has 0 saturated heterocycles. The zero-order chi connectivity index (χ0) is 26.6. The molecule has 4 rings (SSSR count). The fourth-order valence-corrected chi connectivity index (χ4v) is 5.84. The van der Waals surface area contributed by atoms with Gasteiger partial charge in [-0.25, -0.2) is 17.8 Å². The van der Waals surface area contributed by atoms with Gasteiger partial charge in [0.15, 0.2) is 5.82 Å². The molecule has 0 spiro atoms. The fraction of sp³-hybridized carbons (Fsp3) is 0.320. The summed E-state index contributed by atoms with van der Waals surface area (Å²) in [4.78, 5) is 31.2. The molecule has 12 heteroatoms. The molecule has 1 aliphatic carbocycles. The summed E-state index contributed by atoms with van der Waals surface area (Å²) in [6.45, 7) is 0. The first-order valence-electron chi connectivity index (χ1n) is 11.7. The van der Waals surface area contributed by atoms with Gasteiger partial charge in [0.05, 0.1) is 28.4 Å². The van der Waals surface area contributed by atoms with Crippen molar-refractivity contribution in [1.82, 2.24) is 25.1 Å². The van der Waals surface area contributed by atoms with Crippen molar-refractivity contribution >= 4 is 33.4 Å². The molecule has 1 aliphatic rings. The summed E-state index contributed by atoms with van der Waals surface area (Å²) in [7, 11) is -2.13. The van der Waals surface area contributed by atoms with E-state index in [0.717, 1.165) is 0 Å². The number of carbonyl (C=O) groups is 2. The van der Waals surface area contributed by atoms with Crippen LogP contribution in [0.1, 0.15) is 46.4 Å². The van der Waals surface area contributed by atoms with Gasteiger partial charge >= 0.3 is 0 Å². The Kier molecular flexibility index (Phi) is 8.25. The summed E-state index contributed by atoms with van der Waals surface area (Å²) in [5, 5.41) is 2.71. The molecule has 0 aliphatic heterocycles. The molecule has 1 saturated carbocycles. The van der Waals surface area contributed by atoms with E-state index in [0.29, 0.717) is 42.5 Å². The van der Waals surface area contributed by atoms with Crippen LogP contribution in [0.3, 0.4) is 0 Å². The van der Waals surface area contributed by atoms with E-state index >= 15 is 0 Å². The fourth-order valence-electron chi connectivity index (χ4n) is 4.34. The van der Waals surface area contributed by atoms with Gasteiger partial charge in [-0.3, -0.25) is 15.0 Å². The van der Waals surface area contributed by atoms with E-state index in [9.17, 15) is 22.4 Å². The van der Waals surface area contributed by atoms with E-state index in [1.165, 1.54) is 12.1 Å². The Morgan fingerprint density at radius 1 is 1.11 bits per heavy atom. The number of halogens is 2. The minimum atomic E-state index is -3.89. The van der Waals surface area contributed by atoms with E-state index in [1.54, 1.807) is 48.4 Å². The van der Waals surface area contributed by atoms with Gasteiger partial charge in [-0.2, -0.15) is 0 Å². The summed E-state index contributed by atoms with van der Waals surface area (Å²) < 4.78 is 41.4. The van der Waals surface area contributed by atoms with Crippen LogP contribution in [0.5, 0.6) is 0 Å². The number of carbonyl (C=O) groups excluding carboxylic acids is 2. The van der Waals surface area contributed by atoms with E-state index in [1.807, 2.05) is 6.07 Å². The number of hydrazine groups is 1. The van der Waals surface area contributed by atoms with Crippen molar-refractivity contribution in [3.63, 3.8) is 0 Å². The number of aromatic nitrogens is 2. The molecule has 1 heterocycles. The number of rotatable bonds is 8. The molecule has 2 aromatic carbocycles. The van der Waals surface area contributed by atoms with Crippen molar-refractivity contribution < 1.29 is 22.4 Å². The van der Waals surface area contributed by atoms with Crippen LogP contribution in [-0.4, -0.2) is 41.6 Å². The molecule has 9 nitrogen and oxygen atoms in total. The maximum Gasteiger partial charge on any atom is 0.269 e. The van der Waals surface area contributed by atoms with Gasteiger partial charge in [0.2, 0.25) is 10.0 Å². The molecule has 2 amide bonds. The number of nitrogens with one attached hydrogen (secondary N) is 3. The maximum atomic E-state index is 14.6. The Morgan fingerprint density at radius 3 is 2.46 bits per heavy atom. The molecule has 37 heavy (non-hydrogen) atoms. The van der Waals surface area contributed by atoms with E-state index in [4.69, 9.17) is 11.6 Å². The van der Waals surface area contributed by atoms with Crippen LogP contribution in [0.2, 0.25) is 5.02 Å². The van der Waals surface area contributed by atoms with Crippen molar-refractivity contribution in [2.75, 3.05) is 5.75 Å². The lowest BCUT2D eigenvalue weighted by molar-refractivity contribution is 0.0921. The number of hydrogen-bond donors (Lipinski definition) is 3. The predicted octanol–water partition coefficient (Wildman–Crippen LogP) is 3.43. The number of amides is 2. The molecule has 1 aromatic heterocycles. The summed E-state index contributed by atoms with van der Waals surface area (Å²) in [5.41, 5.74) is 3.14. The van der Waals surface area contributed by atoms with Crippen LogP contribution >= 0.6 is 11.6 Å². The third kappa shape index (κ3) is 6.94. The number of benzene rings is 2. The van der Waals surface area contributed by atoms with Gasteiger partial charge in [0.1, 0.15) is 0 Å². The average molecular weight is 548 g/mol. The monoisotopic (exact) mass is 547 g/mol. The Labute approximate surface area is 219 Å². The Bertz CT molecular complexity index is 1390. The Balaban J connectivity index is 1.30. The third-order valence-corrected chi connectivity index (χ3v) is 7.86. The second-order valence-corrected chi connectivity index (χ2v) is 11.3. The smallest absolute Gasteiger partial charge is 0.269 e. The zero-order valence-electron chi connectivity index (χ0n) is 20.1. The van der Waals surface area contributed by atoms with E-state index in [-0.39, 0.29) is 28.6 Å². The maximum absolute atomic E-state index is 14.6. The first kappa shape index (κ1) is 26.8. The summed E-state index contributed by atoms with van der Waals surface area (Å²) >= 11 is 5.96. The van der Waals surface area contributed by atoms with Crippen LogP contribution in [-0.2, 0) is 17.1 Å². The topological polar surface area (TPSA) is 122 Å². The van der Waals surface area contributed by atoms with Gasteiger partial charge in [0, 0.05) is 30.4 Å². The average Bonchev–Trinajstić information content (AvgIpc) is 3.32. The second-order valence-electron chi connectivity index (χ2n) is 9.14. The van der Waals surface area contributed by atoms with Gasteiger partial charge < -0.3 is 9.88 Å². The van der Waals surface area contributed by atoms with E-state index < -0.39 is 27.3 Å². The number of nitrogens with zero attached hydrogens (tertiary/aromatic N) is 2. The number of imidazole rings is 1. The molecule has 3 N–H and O–H groups in total. The zero-order valence-corrected chi connectivity index (χ0v) is 21.7. The molecule has 0 radical (unpaired) electrons. The predicted molar refractivity (Wildman–Crippen MR) is 138 cm³/mol. The lowest BCUT2D eigenvalue weighted by Gasteiger charge is -2.29. The quantitative estimate of drug-likeness (QED) is 0.373. The van der Waals surface area contributed by atoms with Crippen LogP contribution in [0.15, 0.2) is 55.0 Å². The van der Waals surface area contributed by atoms with Crippen molar-refractivity contribution in [2.45, 2.75) is 31.7 Å². The molecule has 0 unspecified atom stereocenters. The highest BCUT2D eigenvalue weighted by atomic mass is 35.5. The van der Waals surface area contributed by atoms with Crippen LogP contribution in [0, 0.1) is 11.7 Å².